The summed E-state index contributed by atoms with van der Waals surface area (Å²) < 4.78 is 5.83. The van der Waals surface area contributed by atoms with Gasteiger partial charge in [0.2, 0.25) is 0 Å². The molecule has 0 aromatic carbocycles. The molecule has 110 valence electrons. The van der Waals surface area contributed by atoms with Gasteiger partial charge < -0.3 is 25.4 Å². The number of aliphatic hydroxyl groups is 3. The first-order chi connectivity index (χ1) is 9.17. The Balaban J connectivity index is 1.94. The topological polar surface area (TPSA) is 94.3 Å². The van der Waals surface area contributed by atoms with Crippen LogP contribution >= 0.6 is 11.8 Å². The van der Waals surface area contributed by atoms with Gasteiger partial charge in [-0.3, -0.25) is 4.99 Å². The van der Waals surface area contributed by atoms with Gasteiger partial charge in [-0.05, 0) is 26.2 Å². The van der Waals surface area contributed by atoms with Gasteiger partial charge >= 0.3 is 0 Å². The zero-order valence-electron chi connectivity index (χ0n) is 11.0. The van der Waals surface area contributed by atoms with Crippen molar-refractivity contribution in [1.29, 1.82) is 0 Å². The van der Waals surface area contributed by atoms with Crippen molar-refractivity contribution in [2.75, 3.05) is 13.2 Å². The molecule has 1 fully saturated rings. The SMILES string of the molecule is CCNC1=N[C@@H]2[C@@H](O)[C@H](O)[C@@H](CCCCO)O[C@@H]2S1. The van der Waals surface area contributed by atoms with E-state index in [1.807, 2.05) is 6.92 Å². The van der Waals surface area contributed by atoms with Gasteiger partial charge in [-0.15, -0.1) is 0 Å². The highest BCUT2D eigenvalue weighted by molar-refractivity contribution is 8.14. The molecule has 2 rings (SSSR count). The first kappa shape index (κ1) is 15.1. The first-order valence-corrected chi connectivity index (χ1v) is 7.66. The Bertz CT molecular complexity index is 329. The minimum absolute atomic E-state index is 0.139. The fourth-order valence-electron chi connectivity index (χ4n) is 2.36. The minimum Gasteiger partial charge on any atom is -0.396 e. The molecule has 0 bridgehead atoms. The fraction of sp³-hybridized carbons (Fsp3) is 0.917. The lowest BCUT2D eigenvalue weighted by Gasteiger charge is -2.38. The van der Waals surface area contributed by atoms with E-state index >= 15 is 0 Å². The van der Waals surface area contributed by atoms with E-state index in [2.05, 4.69) is 10.3 Å². The summed E-state index contributed by atoms with van der Waals surface area (Å²) >= 11 is 1.46. The third-order valence-electron chi connectivity index (χ3n) is 3.39. The average Bonchev–Trinajstić information content (AvgIpc) is 2.79. The van der Waals surface area contributed by atoms with Crippen LogP contribution in [0.4, 0.5) is 0 Å². The molecule has 2 heterocycles. The third kappa shape index (κ3) is 3.41. The normalized spacial score (nSPS) is 37.9. The van der Waals surface area contributed by atoms with E-state index in [-0.39, 0.29) is 18.1 Å². The van der Waals surface area contributed by atoms with Gasteiger partial charge in [0.25, 0.3) is 0 Å². The van der Waals surface area contributed by atoms with Crippen molar-refractivity contribution in [2.24, 2.45) is 4.99 Å². The summed E-state index contributed by atoms with van der Waals surface area (Å²) in [7, 11) is 0. The van der Waals surface area contributed by atoms with Crippen molar-refractivity contribution < 1.29 is 20.1 Å². The second-order valence-electron chi connectivity index (χ2n) is 4.82. The van der Waals surface area contributed by atoms with Crippen LogP contribution in [0.5, 0.6) is 0 Å². The predicted molar refractivity (Wildman–Crippen MR) is 74.1 cm³/mol. The number of unbranched alkanes of at least 4 members (excludes halogenated alkanes) is 1. The zero-order chi connectivity index (χ0) is 13.8. The Morgan fingerprint density at radius 3 is 2.79 bits per heavy atom. The lowest BCUT2D eigenvalue weighted by atomic mass is 9.95. The molecule has 4 N–H and O–H groups in total. The molecule has 0 aliphatic carbocycles. The van der Waals surface area contributed by atoms with Crippen molar-refractivity contribution >= 4 is 16.9 Å². The minimum atomic E-state index is -0.912. The molecule has 2 aliphatic heterocycles. The highest BCUT2D eigenvalue weighted by Crippen LogP contribution is 2.36. The van der Waals surface area contributed by atoms with Crippen molar-refractivity contribution in [1.82, 2.24) is 5.32 Å². The van der Waals surface area contributed by atoms with Crippen molar-refractivity contribution in [2.45, 2.75) is 56.0 Å². The smallest absolute Gasteiger partial charge is 0.159 e. The number of thioether (sulfide) groups is 1. The van der Waals surface area contributed by atoms with Gasteiger partial charge in [0, 0.05) is 13.2 Å². The Morgan fingerprint density at radius 1 is 1.32 bits per heavy atom. The highest BCUT2D eigenvalue weighted by atomic mass is 32.2. The molecule has 0 amide bonds. The molecule has 0 aromatic heterocycles. The molecule has 2 aliphatic rings. The predicted octanol–water partition coefficient (Wildman–Crippen LogP) is -0.323. The Labute approximate surface area is 117 Å². The van der Waals surface area contributed by atoms with E-state index in [0.717, 1.165) is 18.1 Å². The van der Waals surface area contributed by atoms with Crippen molar-refractivity contribution in [3.05, 3.63) is 0 Å². The van der Waals surface area contributed by atoms with E-state index in [1.165, 1.54) is 11.8 Å². The maximum Gasteiger partial charge on any atom is 0.159 e. The summed E-state index contributed by atoms with van der Waals surface area (Å²) in [5, 5.41) is 32.8. The second kappa shape index (κ2) is 6.90. The number of nitrogens with one attached hydrogen (secondary N) is 1. The summed E-state index contributed by atoms with van der Waals surface area (Å²) in [5.74, 6) is 0. The zero-order valence-corrected chi connectivity index (χ0v) is 11.8. The van der Waals surface area contributed by atoms with Crippen LogP contribution in [0.1, 0.15) is 26.2 Å². The van der Waals surface area contributed by atoms with Gasteiger partial charge in [0.05, 0.1) is 6.10 Å². The largest absolute Gasteiger partial charge is 0.396 e. The van der Waals surface area contributed by atoms with Crippen LogP contribution in [-0.2, 0) is 4.74 Å². The standard InChI is InChI=1S/C12H22N2O4S/c1-2-13-12-14-8-10(17)9(16)7(5-3-4-6-15)18-11(8)19-12/h7-11,15-17H,2-6H2,1H3,(H,13,14)/t7-,8-,9-,10-,11-/m1/s1. The van der Waals surface area contributed by atoms with Crippen LogP contribution in [0.2, 0.25) is 0 Å². The number of hydrogen-bond donors (Lipinski definition) is 4. The van der Waals surface area contributed by atoms with Crippen LogP contribution in [0, 0.1) is 0 Å². The van der Waals surface area contributed by atoms with Gasteiger partial charge in [-0.2, -0.15) is 0 Å². The van der Waals surface area contributed by atoms with Crippen LogP contribution in [0.25, 0.3) is 0 Å². The highest BCUT2D eigenvalue weighted by Gasteiger charge is 2.47. The number of ether oxygens (including phenoxy) is 1. The Morgan fingerprint density at radius 2 is 2.11 bits per heavy atom. The molecule has 6 nitrogen and oxygen atoms in total. The third-order valence-corrected chi connectivity index (χ3v) is 4.48. The Kier molecular flexibility index (Phi) is 5.47. The summed E-state index contributed by atoms with van der Waals surface area (Å²) in [6.45, 7) is 2.89. The average molecular weight is 290 g/mol. The molecule has 0 spiro atoms. The van der Waals surface area contributed by atoms with Crippen LogP contribution in [-0.4, -0.2) is 63.4 Å². The summed E-state index contributed by atoms with van der Waals surface area (Å²) in [6, 6.07) is -0.400. The number of aliphatic imine (C=N–C) groups is 1. The number of amidine groups is 1. The quantitative estimate of drug-likeness (QED) is 0.518. The van der Waals surface area contributed by atoms with Crippen molar-refractivity contribution in [3.63, 3.8) is 0 Å². The second-order valence-corrected chi connectivity index (χ2v) is 5.90. The maximum absolute atomic E-state index is 10.1. The molecule has 0 saturated carbocycles. The molecular formula is C12H22N2O4S. The number of nitrogens with zero attached hydrogens (tertiary/aromatic N) is 1. The molecule has 7 heteroatoms. The van der Waals surface area contributed by atoms with E-state index in [9.17, 15) is 10.2 Å². The van der Waals surface area contributed by atoms with Crippen LogP contribution in [0.15, 0.2) is 4.99 Å². The number of hydrogen-bond acceptors (Lipinski definition) is 7. The molecule has 0 aromatic rings. The molecule has 19 heavy (non-hydrogen) atoms. The van der Waals surface area contributed by atoms with E-state index in [4.69, 9.17) is 9.84 Å². The van der Waals surface area contributed by atoms with Gasteiger partial charge in [-0.1, -0.05) is 11.8 Å². The van der Waals surface area contributed by atoms with E-state index in [1.54, 1.807) is 0 Å². The first-order valence-electron chi connectivity index (χ1n) is 6.78. The summed E-state index contributed by atoms with van der Waals surface area (Å²) in [4.78, 5) is 4.36. The molecule has 5 atom stereocenters. The molecular weight excluding hydrogens is 268 g/mol. The van der Waals surface area contributed by atoms with Gasteiger partial charge in [-0.25, -0.2) is 0 Å². The number of aliphatic hydroxyl groups excluding tert-OH is 3. The lowest BCUT2D eigenvalue weighted by molar-refractivity contribution is -0.155. The van der Waals surface area contributed by atoms with Crippen LogP contribution in [0.3, 0.4) is 0 Å². The lowest BCUT2D eigenvalue weighted by Crippen LogP contribution is -2.54. The maximum atomic E-state index is 10.1. The van der Waals surface area contributed by atoms with Gasteiger partial charge in [0.1, 0.15) is 23.7 Å². The summed E-state index contributed by atoms with van der Waals surface area (Å²) in [6.07, 6.45) is -0.0888. The van der Waals surface area contributed by atoms with Crippen molar-refractivity contribution in [3.8, 4) is 0 Å². The monoisotopic (exact) mass is 290 g/mol. The number of fused-ring (bicyclic) bond motifs is 1. The Hall–Kier alpha value is -0.340. The summed E-state index contributed by atoms with van der Waals surface area (Å²) in [5.41, 5.74) is -0.230. The fourth-order valence-corrected chi connectivity index (χ4v) is 3.55. The molecule has 0 unspecified atom stereocenters. The van der Waals surface area contributed by atoms with E-state index in [0.29, 0.717) is 12.8 Å². The molecule has 1 saturated heterocycles. The van der Waals surface area contributed by atoms with E-state index < -0.39 is 18.2 Å². The number of rotatable bonds is 5. The molecule has 0 radical (unpaired) electrons. The van der Waals surface area contributed by atoms with Crippen LogP contribution < -0.4 is 5.32 Å². The van der Waals surface area contributed by atoms with Gasteiger partial charge in [0.15, 0.2) is 5.17 Å².